The molecule has 0 radical (unpaired) electrons. The molecule has 1 aromatic rings. The summed E-state index contributed by atoms with van der Waals surface area (Å²) in [5.41, 5.74) is -0.423. The Morgan fingerprint density at radius 3 is 2.38 bits per heavy atom. The van der Waals surface area contributed by atoms with Crippen LogP contribution in [-0.4, -0.2) is 27.4 Å². The molecule has 0 bridgehead atoms. The van der Waals surface area contributed by atoms with E-state index in [2.05, 4.69) is 9.37 Å². The van der Waals surface area contributed by atoms with Crippen LogP contribution in [0.15, 0.2) is 23.1 Å². The highest BCUT2D eigenvalue weighted by Crippen LogP contribution is 2.25. The number of carboxylic acid groups (broad SMARTS) is 2. The first-order valence-corrected chi connectivity index (χ1v) is 4.56. The van der Waals surface area contributed by atoms with Crippen LogP contribution in [0.2, 0.25) is 0 Å². The first kappa shape index (κ1) is 12.5. The van der Waals surface area contributed by atoms with E-state index in [1.807, 2.05) is 0 Å². The highest BCUT2D eigenvalue weighted by molar-refractivity contribution is 7.94. The number of carboxylic acids is 2. The molecule has 0 aliphatic carbocycles. The number of carbonyl (C=O) groups is 2. The van der Waals surface area contributed by atoms with Gasteiger partial charge in [-0.05, 0) is 18.2 Å². The summed E-state index contributed by atoms with van der Waals surface area (Å²) in [6.07, 6.45) is 0. The van der Waals surface area contributed by atoms with Gasteiger partial charge in [0.15, 0.2) is 0 Å². The second-order valence-corrected chi connectivity index (χ2v) is 3.29. The van der Waals surface area contributed by atoms with E-state index in [1.54, 1.807) is 0 Å². The minimum atomic E-state index is -1.31. The third-order valence-electron chi connectivity index (χ3n) is 1.61. The predicted octanol–water partition coefficient (Wildman–Crippen LogP) is 1.51. The fourth-order valence-electron chi connectivity index (χ4n) is 0.955. The van der Waals surface area contributed by atoms with E-state index in [4.69, 9.17) is 15.5 Å². The molecule has 8 heteroatoms. The summed E-state index contributed by atoms with van der Waals surface area (Å²) in [7, 11) is 0. The minimum absolute atomic E-state index is 0.103. The molecule has 0 amide bonds. The first-order valence-electron chi connectivity index (χ1n) is 3.81. The van der Waals surface area contributed by atoms with Crippen molar-refractivity contribution in [3.63, 3.8) is 0 Å². The Morgan fingerprint density at radius 2 is 1.88 bits per heavy atom. The van der Waals surface area contributed by atoms with Crippen LogP contribution in [0.3, 0.4) is 0 Å². The van der Waals surface area contributed by atoms with E-state index in [9.17, 15) is 9.59 Å². The largest absolute Gasteiger partial charge is 0.478 e. The maximum absolute atomic E-state index is 10.8. The van der Waals surface area contributed by atoms with Gasteiger partial charge in [-0.25, -0.2) is 14.8 Å². The van der Waals surface area contributed by atoms with Crippen molar-refractivity contribution in [2.45, 2.75) is 4.90 Å². The number of hydrogen-bond acceptors (Lipinski definition) is 6. The maximum Gasteiger partial charge on any atom is 0.336 e. The van der Waals surface area contributed by atoms with E-state index >= 15 is 0 Å². The van der Waals surface area contributed by atoms with Crippen molar-refractivity contribution in [2.75, 3.05) is 0 Å². The van der Waals surface area contributed by atoms with Crippen LogP contribution in [0.25, 0.3) is 0 Å². The van der Waals surface area contributed by atoms with Crippen molar-refractivity contribution >= 4 is 24.0 Å². The zero-order valence-corrected chi connectivity index (χ0v) is 8.43. The summed E-state index contributed by atoms with van der Waals surface area (Å²) in [5.74, 6) is -2.55. The SMILES string of the molecule is O=C(O)c1ccc(SOOO)c(C(=O)O)c1. The molecule has 0 aromatic heterocycles. The molecule has 0 aliphatic rings. The van der Waals surface area contributed by atoms with Gasteiger partial charge in [0.1, 0.15) is 0 Å². The lowest BCUT2D eigenvalue weighted by Crippen LogP contribution is -2.04. The normalized spacial score (nSPS) is 10.1. The Kier molecular flexibility index (Phi) is 4.26. The summed E-state index contributed by atoms with van der Waals surface area (Å²) < 4.78 is 4.07. The Labute approximate surface area is 93.3 Å². The van der Waals surface area contributed by atoms with Gasteiger partial charge in [0.05, 0.1) is 28.1 Å². The van der Waals surface area contributed by atoms with Crippen LogP contribution in [0.4, 0.5) is 0 Å². The van der Waals surface area contributed by atoms with Crippen LogP contribution < -0.4 is 0 Å². The van der Waals surface area contributed by atoms with Crippen LogP contribution in [0.1, 0.15) is 20.7 Å². The molecule has 7 nitrogen and oxygen atoms in total. The number of aromatic carboxylic acids is 2. The van der Waals surface area contributed by atoms with Gasteiger partial charge in [-0.1, -0.05) is 5.04 Å². The van der Waals surface area contributed by atoms with Crippen LogP contribution in [0.5, 0.6) is 0 Å². The lowest BCUT2D eigenvalue weighted by Gasteiger charge is -2.04. The van der Waals surface area contributed by atoms with Gasteiger partial charge in [-0.2, -0.15) is 0 Å². The summed E-state index contributed by atoms with van der Waals surface area (Å²) in [6.45, 7) is 0. The molecule has 3 N–H and O–H groups in total. The standard InChI is InChI=1S/C8H6O7S/c9-7(10)4-1-2-6(16-15-14-13)5(3-4)8(11)12/h1-3,13H,(H,9,10)(H,11,12). The van der Waals surface area contributed by atoms with Crippen LogP contribution in [-0.2, 0) is 9.37 Å². The average molecular weight is 246 g/mol. The molecule has 0 heterocycles. The Balaban J connectivity index is 3.09. The van der Waals surface area contributed by atoms with Crippen LogP contribution in [0, 0.1) is 0 Å². The Hall–Kier alpha value is -1.61. The van der Waals surface area contributed by atoms with Gasteiger partial charge < -0.3 is 10.2 Å². The summed E-state index contributed by atoms with van der Waals surface area (Å²) in [5, 5.41) is 28.7. The molecular weight excluding hydrogens is 240 g/mol. The zero-order valence-electron chi connectivity index (χ0n) is 7.61. The second-order valence-electron chi connectivity index (χ2n) is 2.55. The van der Waals surface area contributed by atoms with Crippen molar-refractivity contribution in [1.29, 1.82) is 0 Å². The van der Waals surface area contributed by atoms with Gasteiger partial charge in [0.2, 0.25) is 0 Å². The highest BCUT2D eigenvalue weighted by atomic mass is 32.2. The zero-order chi connectivity index (χ0) is 12.1. The van der Waals surface area contributed by atoms with Gasteiger partial charge in [0.25, 0.3) is 0 Å². The van der Waals surface area contributed by atoms with E-state index in [0.717, 1.165) is 6.07 Å². The molecule has 0 saturated carbocycles. The van der Waals surface area contributed by atoms with Crippen molar-refractivity contribution < 1.29 is 34.4 Å². The predicted molar refractivity (Wildman–Crippen MR) is 51.0 cm³/mol. The van der Waals surface area contributed by atoms with Gasteiger partial charge in [-0.3, -0.25) is 0 Å². The third-order valence-corrected chi connectivity index (χ3v) is 2.28. The Morgan fingerprint density at radius 1 is 1.19 bits per heavy atom. The molecule has 0 unspecified atom stereocenters. The van der Waals surface area contributed by atoms with Gasteiger partial charge in [-0.15, -0.1) is 4.33 Å². The maximum atomic E-state index is 10.8. The van der Waals surface area contributed by atoms with Gasteiger partial charge >= 0.3 is 11.9 Å². The van der Waals surface area contributed by atoms with E-state index in [1.165, 1.54) is 12.1 Å². The average Bonchev–Trinajstić information content (AvgIpc) is 2.25. The van der Waals surface area contributed by atoms with Crippen molar-refractivity contribution in [3.05, 3.63) is 29.3 Å². The fourth-order valence-corrected chi connectivity index (χ4v) is 1.42. The van der Waals surface area contributed by atoms with E-state index in [-0.39, 0.29) is 16.0 Å². The third kappa shape index (κ3) is 2.94. The summed E-state index contributed by atoms with van der Waals surface area (Å²) in [4.78, 5) is 21.5. The first-order chi connectivity index (χ1) is 7.56. The topological polar surface area (TPSA) is 113 Å². The van der Waals surface area contributed by atoms with Crippen molar-refractivity contribution in [2.24, 2.45) is 0 Å². The minimum Gasteiger partial charge on any atom is -0.478 e. The molecule has 1 aromatic carbocycles. The molecule has 16 heavy (non-hydrogen) atoms. The summed E-state index contributed by atoms with van der Waals surface area (Å²) in [6, 6.07) is 3.42. The number of benzene rings is 1. The molecule has 0 fully saturated rings. The fraction of sp³-hybridized carbons (Fsp3) is 0. The van der Waals surface area contributed by atoms with Crippen molar-refractivity contribution in [3.8, 4) is 0 Å². The van der Waals surface area contributed by atoms with Gasteiger partial charge in [0, 0.05) is 0 Å². The van der Waals surface area contributed by atoms with Crippen LogP contribution >= 0.6 is 12.0 Å². The lowest BCUT2D eigenvalue weighted by atomic mass is 10.1. The monoisotopic (exact) mass is 246 g/mol. The lowest BCUT2D eigenvalue weighted by molar-refractivity contribution is -0.432. The second kappa shape index (κ2) is 5.47. The molecular formula is C8H6O7S. The summed E-state index contributed by atoms with van der Waals surface area (Å²) >= 11 is 0.450. The Bertz CT molecular complexity index is 417. The quantitative estimate of drug-likeness (QED) is 0.407. The number of hydrogen-bond donors (Lipinski definition) is 3. The highest BCUT2D eigenvalue weighted by Gasteiger charge is 2.15. The number of rotatable bonds is 5. The smallest absolute Gasteiger partial charge is 0.336 e. The van der Waals surface area contributed by atoms with E-state index in [0.29, 0.717) is 12.0 Å². The molecule has 0 atom stereocenters. The molecule has 0 saturated heterocycles. The van der Waals surface area contributed by atoms with E-state index < -0.39 is 11.9 Å². The molecule has 0 spiro atoms. The molecule has 1 rings (SSSR count). The molecule has 86 valence electrons. The molecule has 0 aliphatic heterocycles. The van der Waals surface area contributed by atoms with Crippen molar-refractivity contribution in [1.82, 2.24) is 0 Å².